The first-order chi connectivity index (χ1) is 11.8. The third-order valence-corrected chi connectivity index (χ3v) is 4.95. The fraction of sp³-hybridized carbons (Fsp3) is 0.500. The zero-order valence-corrected chi connectivity index (χ0v) is 13.6. The van der Waals surface area contributed by atoms with Crippen molar-refractivity contribution in [2.75, 3.05) is 5.32 Å². The van der Waals surface area contributed by atoms with Crippen molar-refractivity contribution in [3.63, 3.8) is 0 Å². The Bertz CT molecular complexity index is 704. The monoisotopic (exact) mass is 326 g/mol. The molecule has 1 atom stereocenters. The van der Waals surface area contributed by atoms with Gasteiger partial charge in [-0.1, -0.05) is 0 Å². The van der Waals surface area contributed by atoms with Gasteiger partial charge in [-0.3, -0.25) is 4.79 Å². The van der Waals surface area contributed by atoms with E-state index in [4.69, 9.17) is 4.74 Å². The number of carbonyl (C=O) groups excluding carboxylic acids is 1. The van der Waals surface area contributed by atoms with Gasteiger partial charge in [0.25, 0.3) is 0 Å². The van der Waals surface area contributed by atoms with Gasteiger partial charge >= 0.3 is 0 Å². The molecule has 1 amide bonds. The summed E-state index contributed by atoms with van der Waals surface area (Å²) in [5.41, 5.74) is 2.89. The van der Waals surface area contributed by atoms with Gasteiger partial charge in [-0.05, 0) is 44.6 Å². The quantitative estimate of drug-likeness (QED) is 0.905. The number of imidazole rings is 1. The van der Waals surface area contributed by atoms with Crippen LogP contribution in [0.4, 0.5) is 5.69 Å². The van der Waals surface area contributed by atoms with E-state index >= 15 is 0 Å². The molecular weight excluding hydrogens is 304 g/mol. The Kier molecular flexibility index (Phi) is 4.19. The van der Waals surface area contributed by atoms with Crippen LogP contribution >= 0.6 is 0 Å². The van der Waals surface area contributed by atoms with E-state index in [1.807, 2.05) is 12.1 Å². The minimum atomic E-state index is -0.0210. The highest BCUT2D eigenvalue weighted by Crippen LogP contribution is 2.25. The number of amides is 1. The molecule has 0 bridgehead atoms. The fourth-order valence-electron chi connectivity index (χ4n) is 3.57. The Labute approximate surface area is 141 Å². The molecule has 0 spiro atoms. The summed E-state index contributed by atoms with van der Waals surface area (Å²) in [6.45, 7) is 0. The molecule has 2 heterocycles. The normalized spacial score (nSPS) is 20.6. The Balaban J connectivity index is 1.34. The smallest absolute Gasteiger partial charge is 0.227 e. The van der Waals surface area contributed by atoms with E-state index in [0.717, 1.165) is 43.5 Å². The number of aryl methyl sites for hydroxylation is 1. The van der Waals surface area contributed by atoms with Gasteiger partial charge in [0.05, 0.1) is 23.9 Å². The highest BCUT2D eigenvalue weighted by atomic mass is 16.5. The Morgan fingerprint density at radius 3 is 2.88 bits per heavy atom. The highest BCUT2D eigenvalue weighted by molar-refractivity contribution is 5.92. The second kappa shape index (κ2) is 6.63. The second-order valence-electron chi connectivity index (χ2n) is 6.67. The molecule has 2 aliphatic rings. The number of carbonyl (C=O) groups is 1. The van der Waals surface area contributed by atoms with E-state index in [1.165, 1.54) is 12.8 Å². The van der Waals surface area contributed by atoms with Crippen LogP contribution in [0.25, 0.3) is 0 Å². The Hall–Kier alpha value is -2.37. The number of anilines is 1. The molecule has 6 heteroatoms. The molecule has 1 saturated carbocycles. The number of nitrogens with one attached hydrogen (secondary N) is 2. The molecule has 1 fully saturated rings. The zero-order chi connectivity index (χ0) is 16.4. The zero-order valence-electron chi connectivity index (χ0n) is 13.6. The third kappa shape index (κ3) is 3.27. The maximum Gasteiger partial charge on any atom is 0.227 e. The molecule has 2 aliphatic carbocycles. The number of pyridine rings is 1. The van der Waals surface area contributed by atoms with Crippen molar-refractivity contribution in [3.05, 3.63) is 36.0 Å². The molecule has 24 heavy (non-hydrogen) atoms. The molecule has 0 aromatic carbocycles. The number of aromatic nitrogens is 3. The number of rotatable bonds is 4. The van der Waals surface area contributed by atoms with Gasteiger partial charge in [-0.25, -0.2) is 9.97 Å². The van der Waals surface area contributed by atoms with Gasteiger partial charge in [-0.15, -0.1) is 0 Å². The van der Waals surface area contributed by atoms with Gasteiger partial charge in [-0.2, -0.15) is 0 Å². The number of H-pyrrole nitrogens is 1. The predicted molar refractivity (Wildman–Crippen MR) is 89.9 cm³/mol. The molecule has 0 aliphatic heterocycles. The van der Waals surface area contributed by atoms with Crippen LogP contribution in [-0.4, -0.2) is 27.0 Å². The summed E-state index contributed by atoms with van der Waals surface area (Å²) in [7, 11) is 0. The maximum atomic E-state index is 12.5. The Morgan fingerprint density at radius 1 is 1.21 bits per heavy atom. The lowest BCUT2D eigenvalue weighted by Gasteiger charge is -2.20. The van der Waals surface area contributed by atoms with Crippen molar-refractivity contribution in [1.82, 2.24) is 15.0 Å². The van der Waals surface area contributed by atoms with E-state index < -0.39 is 0 Å². The maximum absolute atomic E-state index is 12.5. The summed E-state index contributed by atoms with van der Waals surface area (Å²) in [5, 5.41) is 2.96. The summed E-state index contributed by atoms with van der Waals surface area (Å²) in [6.07, 6.45) is 10.8. The van der Waals surface area contributed by atoms with E-state index in [-0.39, 0.29) is 11.8 Å². The van der Waals surface area contributed by atoms with Crippen molar-refractivity contribution >= 4 is 11.6 Å². The van der Waals surface area contributed by atoms with Crippen molar-refractivity contribution in [3.8, 4) is 5.88 Å². The molecule has 4 rings (SSSR count). The molecule has 2 aromatic heterocycles. The van der Waals surface area contributed by atoms with Gasteiger partial charge in [0.1, 0.15) is 6.10 Å². The standard InChI is InChI=1S/C18H22N4O2/c23-18(12-5-7-15-16(9-12)21-11-20-15)22-13-6-8-17(19-10-13)24-14-3-1-2-4-14/h6,8,10-12,14H,1-5,7,9H2,(H,20,21)(H,22,23)/t12-/m0/s1. The van der Waals surface area contributed by atoms with Crippen LogP contribution in [0.15, 0.2) is 24.7 Å². The van der Waals surface area contributed by atoms with E-state index in [2.05, 4.69) is 20.3 Å². The summed E-state index contributed by atoms with van der Waals surface area (Å²) >= 11 is 0. The van der Waals surface area contributed by atoms with Crippen molar-refractivity contribution in [2.45, 2.75) is 51.0 Å². The molecule has 0 radical (unpaired) electrons. The predicted octanol–water partition coefficient (Wildman–Crippen LogP) is 2.87. The van der Waals surface area contributed by atoms with E-state index in [0.29, 0.717) is 17.7 Å². The molecule has 2 N–H and O–H groups in total. The number of fused-ring (bicyclic) bond motifs is 1. The molecule has 126 valence electrons. The van der Waals surface area contributed by atoms with Crippen LogP contribution < -0.4 is 10.1 Å². The summed E-state index contributed by atoms with van der Waals surface area (Å²) in [5.74, 6) is 0.661. The average molecular weight is 326 g/mol. The van der Waals surface area contributed by atoms with Gasteiger partial charge in [0, 0.05) is 24.1 Å². The summed E-state index contributed by atoms with van der Waals surface area (Å²) < 4.78 is 5.85. The molecular formula is C18H22N4O2. The van der Waals surface area contributed by atoms with Crippen LogP contribution in [0, 0.1) is 5.92 Å². The fourth-order valence-corrected chi connectivity index (χ4v) is 3.57. The first kappa shape index (κ1) is 15.2. The van der Waals surface area contributed by atoms with E-state index in [9.17, 15) is 4.79 Å². The SMILES string of the molecule is O=C(Nc1ccc(OC2CCCC2)nc1)[C@H]1CCc2nc[nH]c2C1. The van der Waals surface area contributed by atoms with Gasteiger partial charge in [0.15, 0.2) is 0 Å². The summed E-state index contributed by atoms with van der Waals surface area (Å²) in [6, 6.07) is 3.70. The number of ether oxygens (including phenoxy) is 1. The third-order valence-electron chi connectivity index (χ3n) is 4.95. The number of nitrogens with zero attached hydrogens (tertiary/aromatic N) is 2. The van der Waals surface area contributed by atoms with Crippen molar-refractivity contribution < 1.29 is 9.53 Å². The second-order valence-corrected chi connectivity index (χ2v) is 6.67. The van der Waals surface area contributed by atoms with Crippen LogP contribution in [-0.2, 0) is 17.6 Å². The van der Waals surface area contributed by atoms with Crippen LogP contribution in [0.5, 0.6) is 5.88 Å². The number of hydrogen-bond donors (Lipinski definition) is 2. The minimum absolute atomic E-state index is 0.0210. The van der Waals surface area contributed by atoms with Crippen LogP contribution in [0.1, 0.15) is 43.5 Å². The lowest BCUT2D eigenvalue weighted by molar-refractivity contribution is -0.120. The highest BCUT2D eigenvalue weighted by Gasteiger charge is 2.26. The van der Waals surface area contributed by atoms with Gasteiger partial charge < -0.3 is 15.0 Å². The first-order valence-electron chi connectivity index (χ1n) is 8.72. The Morgan fingerprint density at radius 2 is 2.08 bits per heavy atom. The molecule has 6 nitrogen and oxygen atoms in total. The van der Waals surface area contributed by atoms with Crippen LogP contribution in [0.2, 0.25) is 0 Å². The first-order valence-corrected chi connectivity index (χ1v) is 8.72. The lowest BCUT2D eigenvalue weighted by atomic mass is 9.89. The summed E-state index contributed by atoms with van der Waals surface area (Å²) in [4.78, 5) is 24.2. The van der Waals surface area contributed by atoms with Crippen molar-refractivity contribution in [1.29, 1.82) is 0 Å². The number of hydrogen-bond acceptors (Lipinski definition) is 4. The topological polar surface area (TPSA) is 79.9 Å². The minimum Gasteiger partial charge on any atom is -0.474 e. The number of aromatic amines is 1. The van der Waals surface area contributed by atoms with Gasteiger partial charge in [0.2, 0.25) is 11.8 Å². The van der Waals surface area contributed by atoms with Crippen molar-refractivity contribution in [2.24, 2.45) is 5.92 Å². The molecule has 2 aromatic rings. The van der Waals surface area contributed by atoms with Crippen LogP contribution in [0.3, 0.4) is 0 Å². The molecule has 0 saturated heterocycles. The molecule has 0 unspecified atom stereocenters. The lowest BCUT2D eigenvalue weighted by Crippen LogP contribution is -2.28. The average Bonchev–Trinajstić information content (AvgIpc) is 3.27. The van der Waals surface area contributed by atoms with E-state index in [1.54, 1.807) is 12.5 Å². The largest absolute Gasteiger partial charge is 0.474 e.